The lowest BCUT2D eigenvalue weighted by Crippen LogP contribution is -2.34. The van der Waals surface area contributed by atoms with Gasteiger partial charge in [-0.25, -0.2) is 0 Å². The quantitative estimate of drug-likeness (QED) is 0.581. The second-order valence-electron chi connectivity index (χ2n) is 2.81. The minimum Gasteiger partial charge on any atom is -0.385 e. The highest BCUT2D eigenvalue weighted by Crippen LogP contribution is 2.19. The summed E-state index contributed by atoms with van der Waals surface area (Å²) < 4.78 is 25.3. The van der Waals surface area contributed by atoms with Gasteiger partial charge in [-0.15, -0.1) is 0 Å². The summed E-state index contributed by atoms with van der Waals surface area (Å²) in [5.41, 5.74) is 4.19. The maximum atomic E-state index is 13.0. The van der Waals surface area contributed by atoms with Crippen LogP contribution >= 0.6 is 0 Å². The lowest BCUT2D eigenvalue weighted by Gasteiger charge is -2.14. The Kier molecular flexibility index (Phi) is 3.28. The summed E-state index contributed by atoms with van der Waals surface area (Å²) in [7, 11) is 0. The SMILES string of the molecule is NC(=O)C(O)C(O)c1ccc(F)nc1F. The highest BCUT2D eigenvalue weighted by molar-refractivity contribution is 5.79. The lowest BCUT2D eigenvalue weighted by molar-refractivity contribution is -0.132. The molecule has 4 N–H and O–H groups in total. The number of amides is 1. The van der Waals surface area contributed by atoms with Crippen molar-refractivity contribution in [3.05, 3.63) is 29.6 Å². The summed E-state index contributed by atoms with van der Waals surface area (Å²) in [5.74, 6) is -3.59. The predicted octanol–water partition coefficient (Wildman–Crippen LogP) is -0.761. The molecule has 0 aliphatic rings. The molecule has 0 radical (unpaired) electrons. The van der Waals surface area contributed by atoms with E-state index in [0.717, 1.165) is 12.1 Å². The van der Waals surface area contributed by atoms with Crippen LogP contribution in [0.4, 0.5) is 8.78 Å². The summed E-state index contributed by atoms with van der Waals surface area (Å²) in [6, 6.07) is 1.66. The Morgan fingerprint density at radius 1 is 1.40 bits per heavy atom. The fraction of sp³-hybridized carbons (Fsp3) is 0.250. The third-order valence-electron chi connectivity index (χ3n) is 1.75. The number of aliphatic hydroxyl groups excluding tert-OH is 2. The molecule has 0 saturated carbocycles. The molecule has 0 aliphatic carbocycles. The maximum absolute atomic E-state index is 13.0. The van der Waals surface area contributed by atoms with Crippen molar-refractivity contribution in [1.29, 1.82) is 0 Å². The minimum atomic E-state index is -1.97. The molecule has 1 amide bonds. The van der Waals surface area contributed by atoms with Crippen LogP contribution < -0.4 is 5.73 Å². The number of primary amides is 1. The average molecular weight is 218 g/mol. The summed E-state index contributed by atoms with van der Waals surface area (Å²) in [5, 5.41) is 18.3. The van der Waals surface area contributed by atoms with E-state index in [1.165, 1.54) is 0 Å². The van der Waals surface area contributed by atoms with Crippen LogP contribution in [0, 0.1) is 11.9 Å². The second-order valence-corrected chi connectivity index (χ2v) is 2.81. The summed E-state index contributed by atoms with van der Waals surface area (Å²) in [4.78, 5) is 13.3. The van der Waals surface area contributed by atoms with Gasteiger partial charge < -0.3 is 15.9 Å². The van der Waals surface area contributed by atoms with Crippen LogP contribution in [0.2, 0.25) is 0 Å². The number of pyridine rings is 1. The van der Waals surface area contributed by atoms with E-state index in [2.05, 4.69) is 10.7 Å². The van der Waals surface area contributed by atoms with Gasteiger partial charge in [-0.05, 0) is 12.1 Å². The number of carbonyl (C=O) groups is 1. The van der Waals surface area contributed by atoms with Crippen LogP contribution in [-0.2, 0) is 4.79 Å². The molecule has 0 bridgehead atoms. The van der Waals surface area contributed by atoms with Gasteiger partial charge in [0.2, 0.25) is 17.8 Å². The molecule has 0 fully saturated rings. The zero-order valence-electron chi connectivity index (χ0n) is 7.39. The molecular weight excluding hydrogens is 210 g/mol. The van der Waals surface area contributed by atoms with Gasteiger partial charge in [-0.2, -0.15) is 13.8 Å². The summed E-state index contributed by atoms with van der Waals surface area (Å²) in [6.45, 7) is 0. The number of hydrogen-bond acceptors (Lipinski definition) is 4. The molecule has 1 aromatic heterocycles. The Hall–Kier alpha value is -1.60. The van der Waals surface area contributed by atoms with E-state index >= 15 is 0 Å². The van der Waals surface area contributed by atoms with Crippen molar-refractivity contribution in [2.75, 3.05) is 0 Å². The molecule has 2 unspecified atom stereocenters. The van der Waals surface area contributed by atoms with Gasteiger partial charge in [0, 0.05) is 5.56 Å². The van der Waals surface area contributed by atoms with Crippen LogP contribution in [-0.4, -0.2) is 27.2 Å². The van der Waals surface area contributed by atoms with E-state index in [1.54, 1.807) is 0 Å². The Morgan fingerprint density at radius 2 is 2.00 bits per heavy atom. The van der Waals surface area contributed by atoms with Gasteiger partial charge in [-0.1, -0.05) is 0 Å². The van der Waals surface area contributed by atoms with E-state index in [9.17, 15) is 18.7 Å². The summed E-state index contributed by atoms with van der Waals surface area (Å²) in [6.07, 6.45) is -3.83. The normalized spacial score (nSPS) is 14.7. The van der Waals surface area contributed by atoms with Crippen LogP contribution in [0.15, 0.2) is 12.1 Å². The number of aliphatic hydroxyl groups is 2. The highest BCUT2D eigenvalue weighted by Gasteiger charge is 2.26. The minimum absolute atomic E-state index is 0.497. The topological polar surface area (TPSA) is 96.4 Å². The fourth-order valence-corrected chi connectivity index (χ4v) is 0.969. The van der Waals surface area contributed by atoms with E-state index in [0.29, 0.717) is 0 Å². The van der Waals surface area contributed by atoms with Crippen molar-refractivity contribution in [1.82, 2.24) is 4.98 Å². The molecule has 15 heavy (non-hydrogen) atoms. The van der Waals surface area contributed by atoms with Gasteiger partial charge in [0.1, 0.15) is 6.10 Å². The Morgan fingerprint density at radius 3 is 2.47 bits per heavy atom. The van der Waals surface area contributed by atoms with Crippen molar-refractivity contribution in [2.24, 2.45) is 5.73 Å². The van der Waals surface area contributed by atoms with Crippen molar-refractivity contribution in [2.45, 2.75) is 12.2 Å². The van der Waals surface area contributed by atoms with Crippen LogP contribution in [0.25, 0.3) is 0 Å². The third kappa shape index (κ3) is 2.45. The zero-order valence-corrected chi connectivity index (χ0v) is 7.39. The number of carbonyl (C=O) groups excluding carboxylic acids is 1. The van der Waals surface area contributed by atoms with Crippen LogP contribution in [0.1, 0.15) is 11.7 Å². The van der Waals surface area contributed by atoms with Gasteiger partial charge in [0.05, 0.1) is 0 Å². The van der Waals surface area contributed by atoms with E-state index < -0.39 is 35.6 Å². The lowest BCUT2D eigenvalue weighted by atomic mass is 10.1. The molecule has 5 nitrogen and oxygen atoms in total. The molecule has 0 aliphatic heterocycles. The molecule has 1 aromatic rings. The van der Waals surface area contributed by atoms with Crippen molar-refractivity contribution in [3.8, 4) is 0 Å². The molecule has 0 aromatic carbocycles. The Balaban J connectivity index is 3.01. The first kappa shape index (κ1) is 11.5. The molecule has 1 rings (SSSR count). The number of nitrogens with two attached hydrogens (primary N) is 1. The zero-order chi connectivity index (χ0) is 11.6. The van der Waals surface area contributed by atoms with Crippen LogP contribution in [0.3, 0.4) is 0 Å². The van der Waals surface area contributed by atoms with Gasteiger partial charge in [0.25, 0.3) is 0 Å². The van der Waals surface area contributed by atoms with Crippen molar-refractivity contribution < 1.29 is 23.8 Å². The molecular formula is C8H8F2N2O3. The number of hydrogen-bond donors (Lipinski definition) is 3. The number of rotatable bonds is 3. The summed E-state index contributed by atoms with van der Waals surface area (Å²) >= 11 is 0. The molecule has 2 atom stereocenters. The van der Waals surface area contributed by atoms with Gasteiger partial charge >= 0.3 is 0 Å². The first-order valence-corrected chi connectivity index (χ1v) is 3.91. The molecule has 1 heterocycles. The maximum Gasteiger partial charge on any atom is 0.249 e. The van der Waals surface area contributed by atoms with Gasteiger partial charge in [0.15, 0.2) is 6.10 Å². The number of nitrogens with zero attached hydrogens (tertiary/aromatic N) is 1. The van der Waals surface area contributed by atoms with E-state index in [-0.39, 0.29) is 0 Å². The Labute approximate surface area is 83.2 Å². The third-order valence-corrected chi connectivity index (χ3v) is 1.75. The van der Waals surface area contributed by atoms with Crippen molar-refractivity contribution >= 4 is 5.91 Å². The van der Waals surface area contributed by atoms with E-state index in [1.807, 2.05) is 0 Å². The standard InChI is InChI=1S/C8H8F2N2O3/c9-4-2-1-3(7(10)12-4)5(13)6(14)8(11)15/h1-2,5-6,13-14H,(H2,11,15). The number of aromatic nitrogens is 1. The predicted molar refractivity (Wildman–Crippen MR) is 44.3 cm³/mol. The smallest absolute Gasteiger partial charge is 0.249 e. The van der Waals surface area contributed by atoms with Gasteiger partial charge in [-0.3, -0.25) is 4.79 Å². The van der Waals surface area contributed by atoms with Crippen molar-refractivity contribution in [3.63, 3.8) is 0 Å². The highest BCUT2D eigenvalue weighted by atomic mass is 19.1. The monoisotopic (exact) mass is 218 g/mol. The molecule has 0 spiro atoms. The Bertz CT molecular complexity index is 386. The average Bonchev–Trinajstić information content (AvgIpc) is 2.15. The molecule has 0 saturated heterocycles. The molecule has 82 valence electrons. The largest absolute Gasteiger partial charge is 0.385 e. The first-order valence-electron chi connectivity index (χ1n) is 3.91. The molecule has 7 heteroatoms. The first-order chi connectivity index (χ1) is 6.93. The van der Waals surface area contributed by atoms with E-state index in [4.69, 9.17) is 5.11 Å². The van der Waals surface area contributed by atoms with Crippen LogP contribution in [0.5, 0.6) is 0 Å². The number of halogens is 2. The second kappa shape index (κ2) is 4.28. The fourth-order valence-electron chi connectivity index (χ4n) is 0.969.